The van der Waals surface area contributed by atoms with Crippen LogP contribution < -0.4 is 5.32 Å². The third kappa shape index (κ3) is 6.77. The Hall–Kier alpha value is -1.34. The second-order valence-corrected chi connectivity index (χ2v) is 5.90. The Balaban J connectivity index is 2.42. The van der Waals surface area contributed by atoms with Crippen molar-refractivity contribution in [2.24, 2.45) is 11.8 Å². The zero-order chi connectivity index (χ0) is 15.8. The summed E-state index contributed by atoms with van der Waals surface area (Å²) in [5.41, 5.74) is 0. The Morgan fingerprint density at radius 3 is 2.71 bits per heavy atom. The van der Waals surface area contributed by atoms with Crippen LogP contribution in [0.15, 0.2) is 0 Å². The van der Waals surface area contributed by atoms with Gasteiger partial charge in [0.05, 0.1) is 25.9 Å². The third-order valence-electron chi connectivity index (χ3n) is 3.44. The molecule has 0 bridgehead atoms. The van der Waals surface area contributed by atoms with Crippen LogP contribution in [-0.4, -0.2) is 66.1 Å². The number of carboxylic acid groups (broad SMARTS) is 1. The predicted octanol–water partition coefficient (Wildman–Crippen LogP) is 0.526. The number of ether oxygens (including phenoxy) is 1. The fourth-order valence-corrected chi connectivity index (χ4v) is 2.51. The summed E-state index contributed by atoms with van der Waals surface area (Å²) in [5, 5.41) is 20.8. The molecule has 1 saturated heterocycles. The van der Waals surface area contributed by atoms with Gasteiger partial charge in [-0.1, -0.05) is 13.8 Å². The minimum Gasteiger partial charge on any atom is -0.481 e. The zero-order valence-electron chi connectivity index (χ0n) is 12.7. The van der Waals surface area contributed by atoms with E-state index in [9.17, 15) is 9.59 Å². The van der Waals surface area contributed by atoms with Gasteiger partial charge in [-0.15, -0.1) is 0 Å². The number of urea groups is 1. The number of amides is 2. The van der Waals surface area contributed by atoms with E-state index in [1.807, 2.05) is 13.8 Å². The number of carboxylic acids is 1. The van der Waals surface area contributed by atoms with Gasteiger partial charge in [0, 0.05) is 19.5 Å². The number of aliphatic hydroxyl groups excluding tert-OH is 1. The van der Waals surface area contributed by atoms with Gasteiger partial charge in [-0.2, -0.15) is 0 Å². The quantitative estimate of drug-likeness (QED) is 0.637. The lowest BCUT2D eigenvalue weighted by atomic mass is 9.94. The van der Waals surface area contributed by atoms with Crippen molar-refractivity contribution in [2.75, 3.05) is 32.8 Å². The predicted molar refractivity (Wildman–Crippen MR) is 77.0 cm³/mol. The molecule has 0 aromatic heterocycles. The molecule has 2 unspecified atom stereocenters. The first-order chi connectivity index (χ1) is 9.92. The SMILES string of the molecule is CC(C)CC(CNC(=O)N1CCOC(CO)C1)CC(=O)O. The highest BCUT2D eigenvalue weighted by Crippen LogP contribution is 2.15. The molecule has 1 aliphatic heterocycles. The number of morpholine rings is 1. The molecule has 7 nitrogen and oxygen atoms in total. The first kappa shape index (κ1) is 17.7. The van der Waals surface area contributed by atoms with Gasteiger partial charge in [0.2, 0.25) is 0 Å². The Bertz CT molecular complexity index is 348. The maximum Gasteiger partial charge on any atom is 0.317 e. The van der Waals surface area contributed by atoms with Crippen LogP contribution in [0.5, 0.6) is 0 Å². The molecule has 21 heavy (non-hydrogen) atoms. The smallest absolute Gasteiger partial charge is 0.317 e. The van der Waals surface area contributed by atoms with Crippen LogP contribution in [0.2, 0.25) is 0 Å². The number of hydrogen-bond donors (Lipinski definition) is 3. The first-order valence-electron chi connectivity index (χ1n) is 7.39. The molecule has 0 spiro atoms. The molecule has 7 heteroatoms. The lowest BCUT2D eigenvalue weighted by molar-refractivity contribution is -0.138. The molecule has 0 aromatic carbocycles. The van der Waals surface area contributed by atoms with Crippen LogP contribution >= 0.6 is 0 Å². The molecule has 1 rings (SSSR count). The van der Waals surface area contributed by atoms with Gasteiger partial charge in [0.1, 0.15) is 0 Å². The van der Waals surface area contributed by atoms with Crippen molar-refractivity contribution in [3.63, 3.8) is 0 Å². The number of nitrogens with zero attached hydrogens (tertiary/aromatic N) is 1. The van der Waals surface area contributed by atoms with Crippen molar-refractivity contribution in [1.82, 2.24) is 10.2 Å². The summed E-state index contributed by atoms with van der Waals surface area (Å²) < 4.78 is 5.29. The van der Waals surface area contributed by atoms with Gasteiger partial charge in [0.25, 0.3) is 0 Å². The second kappa shape index (κ2) is 8.84. The average Bonchev–Trinajstić information content (AvgIpc) is 2.43. The Morgan fingerprint density at radius 2 is 2.14 bits per heavy atom. The second-order valence-electron chi connectivity index (χ2n) is 5.90. The van der Waals surface area contributed by atoms with E-state index in [0.717, 1.165) is 6.42 Å². The van der Waals surface area contributed by atoms with E-state index in [4.69, 9.17) is 14.9 Å². The highest BCUT2D eigenvalue weighted by atomic mass is 16.5. The van der Waals surface area contributed by atoms with E-state index in [1.165, 1.54) is 0 Å². The summed E-state index contributed by atoms with van der Waals surface area (Å²) in [5.74, 6) is -0.531. The number of nitrogens with one attached hydrogen (secondary N) is 1. The first-order valence-corrected chi connectivity index (χ1v) is 7.39. The summed E-state index contributed by atoms with van der Waals surface area (Å²) in [4.78, 5) is 24.5. The molecule has 1 fully saturated rings. The minimum absolute atomic E-state index is 0.0564. The van der Waals surface area contributed by atoms with Crippen LogP contribution in [0.3, 0.4) is 0 Å². The van der Waals surface area contributed by atoms with E-state index in [1.54, 1.807) is 4.90 Å². The summed E-state index contributed by atoms with van der Waals surface area (Å²) in [6.45, 7) is 5.55. The molecule has 1 aliphatic rings. The topological polar surface area (TPSA) is 99.1 Å². The van der Waals surface area contributed by atoms with Crippen LogP contribution in [0.4, 0.5) is 4.79 Å². The van der Waals surface area contributed by atoms with E-state index in [-0.39, 0.29) is 31.1 Å². The van der Waals surface area contributed by atoms with Crippen molar-refractivity contribution in [1.29, 1.82) is 0 Å². The summed E-state index contributed by atoms with van der Waals surface area (Å²) in [6.07, 6.45) is 0.477. The van der Waals surface area contributed by atoms with Gasteiger partial charge >= 0.3 is 12.0 Å². The molecular weight excluding hydrogens is 276 g/mol. The molecule has 2 amide bonds. The van der Waals surface area contributed by atoms with E-state index < -0.39 is 5.97 Å². The van der Waals surface area contributed by atoms with Crippen LogP contribution in [-0.2, 0) is 9.53 Å². The number of hydrogen-bond acceptors (Lipinski definition) is 4. The maximum atomic E-state index is 12.1. The average molecular weight is 302 g/mol. The maximum absolute atomic E-state index is 12.1. The number of carbonyl (C=O) groups is 2. The lowest BCUT2D eigenvalue weighted by Crippen LogP contribution is -2.51. The van der Waals surface area contributed by atoms with E-state index in [0.29, 0.717) is 32.2 Å². The molecule has 2 atom stereocenters. The normalized spacial score (nSPS) is 20.4. The molecule has 0 aliphatic carbocycles. The lowest BCUT2D eigenvalue weighted by Gasteiger charge is -2.32. The number of aliphatic hydroxyl groups is 1. The van der Waals surface area contributed by atoms with E-state index >= 15 is 0 Å². The molecule has 122 valence electrons. The van der Waals surface area contributed by atoms with Crippen molar-refractivity contribution in [2.45, 2.75) is 32.8 Å². The number of aliphatic carboxylic acids is 1. The summed E-state index contributed by atoms with van der Waals surface area (Å²) >= 11 is 0. The van der Waals surface area contributed by atoms with Crippen LogP contribution in [0, 0.1) is 11.8 Å². The van der Waals surface area contributed by atoms with Crippen LogP contribution in [0.25, 0.3) is 0 Å². The van der Waals surface area contributed by atoms with Gasteiger partial charge in [-0.3, -0.25) is 4.79 Å². The fraction of sp³-hybridized carbons (Fsp3) is 0.857. The monoisotopic (exact) mass is 302 g/mol. The van der Waals surface area contributed by atoms with Crippen molar-refractivity contribution in [3.8, 4) is 0 Å². The van der Waals surface area contributed by atoms with Gasteiger partial charge < -0.3 is 25.2 Å². The Morgan fingerprint density at radius 1 is 1.43 bits per heavy atom. The number of rotatable bonds is 7. The molecule has 0 aromatic rings. The largest absolute Gasteiger partial charge is 0.481 e. The van der Waals surface area contributed by atoms with Crippen molar-refractivity contribution < 1.29 is 24.5 Å². The zero-order valence-corrected chi connectivity index (χ0v) is 12.7. The highest BCUT2D eigenvalue weighted by Gasteiger charge is 2.24. The van der Waals surface area contributed by atoms with Gasteiger partial charge in [-0.25, -0.2) is 4.79 Å². The molecular formula is C14H26N2O5. The Kier molecular flexibility index (Phi) is 7.45. The van der Waals surface area contributed by atoms with Crippen molar-refractivity contribution >= 4 is 12.0 Å². The fourth-order valence-electron chi connectivity index (χ4n) is 2.51. The third-order valence-corrected chi connectivity index (χ3v) is 3.44. The molecule has 0 radical (unpaired) electrons. The molecule has 1 heterocycles. The van der Waals surface area contributed by atoms with Crippen molar-refractivity contribution in [3.05, 3.63) is 0 Å². The van der Waals surface area contributed by atoms with Gasteiger partial charge in [-0.05, 0) is 18.3 Å². The minimum atomic E-state index is -0.846. The van der Waals surface area contributed by atoms with E-state index in [2.05, 4.69) is 5.32 Å². The molecule has 0 saturated carbocycles. The van der Waals surface area contributed by atoms with Crippen LogP contribution in [0.1, 0.15) is 26.7 Å². The number of carbonyl (C=O) groups excluding carboxylic acids is 1. The standard InChI is InChI=1S/C14H26N2O5/c1-10(2)5-11(6-13(18)19)7-15-14(20)16-3-4-21-12(8-16)9-17/h10-12,17H,3-9H2,1-2H3,(H,15,20)(H,18,19). The van der Waals surface area contributed by atoms with Gasteiger partial charge in [0.15, 0.2) is 0 Å². The summed E-state index contributed by atoms with van der Waals surface area (Å²) in [7, 11) is 0. The highest BCUT2D eigenvalue weighted by molar-refractivity contribution is 5.74. The Labute approximate surface area is 125 Å². The summed E-state index contributed by atoms with van der Waals surface area (Å²) in [6, 6.07) is -0.226. The molecule has 3 N–H and O–H groups in total.